The van der Waals surface area contributed by atoms with Gasteiger partial charge in [-0.25, -0.2) is 0 Å². The molecule has 0 aliphatic carbocycles. The number of alkyl halides is 2. The Bertz CT molecular complexity index is 889. The SMILES string of the molecule is CC[C@@H](CC1=C(Cl)[I-]CI=C(c2cccnc2)S1)C(=O)Cc1ccc(Cl)nc1. The van der Waals surface area contributed by atoms with Crippen molar-refractivity contribution in [3.63, 3.8) is 0 Å². The number of nitrogens with zero attached hydrogens (tertiary/aromatic N) is 2. The first-order valence-electron chi connectivity index (χ1n) is 8.72. The first-order chi connectivity index (χ1) is 13.6. The number of carbonyl (C=O) groups excluding carboxylic acids is 1. The van der Waals surface area contributed by atoms with Gasteiger partial charge >= 0.3 is 202 Å². The Balaban J connectivity index is 1.72. The van der Waals surface area contributed by atoms with Crippen molar-refractivity contribution < 1.29 is 26.0 Å². The fraction of sp³-hybridized carbons (Fsp3) is 0.300. The van der Waals surface area contributed by atoms with Crippen molar-refractivity contribution in [3.05, 3.63) is 67.1 Å². The first kappa shape index (κ1) is 22.7. The van der Waals surface area contributed by atoms with E-state index in [9.17, 15) is 4.79 Å². The number of ketones is 1. The van der Waals surface area contributed by atoms with E-state index in [1.807, 2.05) is 18.3 Å². The number of hydrogen-bond donors (Lipinski definition) is 0. The van der Waals surface area contributed by atoms with Crippen molar-refractivity contribution in [3.8, 4) is 0 Å². The molecule has 3 rings (SSSR count). The summed E-state index contributed by atoms with van der Waals surface area (Å²) in [4.78, 5) is 22.4. The second kappa shape index (κ2) is 11.4. The summed E-state index contributed by atoms with van der Waals surface area (Å²) in [5.74, 6) is 0.214. The summed E-state index contributed by atoms with van der Waals surface area (Å²) >= 11 is 14.1. The van der Waals surface area contributed by atoms with Gasteiger partial charge in [0.25, 0.3) is 0 Å². The van der Waals surface area contributed by atoms with Gasteiger partial charge in [-0.1, -0.05) is 0 Å². The monoisotopic (exact) mass is 659 g/mol. The van der Waals surface area contributed by atoms with E-state index >= 15 is 0 Å². The van der Waals surface area contributed by atoms with Crippen LogP contribution in [-0.4, -0.2) is 21.0 Å². The Morgan fingerprint density at radius 3 is 2.86 bits per heavy atom. The van der Waals surface area contributed by atoms with Gasteiger partial charge in [0, 0.05) is 0 Å². The Labute approximate surface area is 200 Å². The quantitative estimate of drug-likeness (QED) is 0.261. The molecule has 1 aliphatic rings. The minimum atomic E-state index is -0.149. The van der Waals surface area contributed by atoms with Gasteiger partial charge in [-0.05, 0) is 0 Å². The number of aromatic nitrogens is 2. The molecular formula is C20H19Cl2I2N2OS-. The average molecular weight is 660 g/mol. The number of thioether (sulfide) groups is 1. The molecule has 0 saturated carbocycles. The fourth-order valence-electron chi connectivity index (χ4n) is 2.66. The van der Waals surface area contributed by atoms with Crippen LogP contribution in [0.3, 0.4) is 0 Å². The number of halogens is 4. The van der Waals surface area contributed by atoms with Crippen LogP contribution < -0.4 is 21.2 Å². The molecule has 0 aromatic carbocycles. The van der Waals surface area contributed by atoms with Crippen molar-refractivity contribution in [2.24, 2.45) is 5.92 Å². The van der Waals surface area contributed by atoms with Crippen LogP contribution >= 0.6 is 55.7 Å². The van der Waals surface area contributed by atoms with E-state index in [1.54, 1.807) is 30.2 Å². The molecule has 28 heavy (non-hydrogen) atoms. The number of carbonyl (C=O) groups is 1. The van der Waals surface area contributed by atoms with Gasteiger partial charge < -0.3 is 0 Å². The maximum atomic E-state index is 12.9. The summed E-state index contributed by atoms with van der Waals surface area (Å²) in [5.41, 5.74) is 2.11. The number of pyridine rings is 2. The molecule has 0 N–H and O–H groups in total. The Morgan fingerprint density at radius 2 is 2.18 bits per heavy atom. The predicted octanol–water partition coefficient (Wildman–Crippen LogP) is 3.01. The predicted molar refractivity (Wildman–Crippen MR) is 124 cm³/mol. The van der Waals surface area contributed by atoms with Gasteiger partial charge in [0.15, 0.2) is 0 Å². The topological polar surface area (TPSA) is 42.9 Å². The van der Waals surface area contributed by atoms with Crippen LogP contribution in [-0.2, 0) is 11.2 Å². The molecular weight excluding hydrogens is 641 g/mol. The van der Waals surface area contributed by atoms with Crippen LogP contribution in [0, 0.1) is 5.92 Å². The van der Waals surface area contributed by atoms with E-state index in [0.717, 1.165) is 21.4 Å². The van der Waals surface area contributed by atoms with E-state index in [-0.39, 0.29) is 53.6 Å². The molecule has 0 saturated heterocycles. The third-order valence-electron chi connectivity index (χ3n) is 4.20. The summed E-state index contributed by atoms with van der Waals surface area (Å²) in [6.07, 6.45) is 7.35. The van der Waals surface area contributed by atoms with Crippen LogP contribution in [0.5, 0.6) is 0 Å². The van der Waals surface area contributed by atoms with Gasteiger partial charge in [-0.2, -0.15) is 0 Å². The molecule has 0 fully saturated rings. The summed E-state index contributed by atoms with van der Waals surface area (Å²) in [7, 11) is 0. The Kier molecular flexibility index (Phi) is 9.21. The molecule has 0 amide bonds. The normalized spacial score (nSPS) is 16.3. The molecule has 2 aromatic heterocycles. The second-order valence-electron chi connectivity index (χ2n) is 6.11. The van der Waals surface area contributed by atoms with Gasteiger partial charge in [0.05, 0.1) is 0 Å². The molecule has 8 heteroatoms. The number of rotatable bonds is 7. The van der Waals surface area contributed by atoms with Gasteiger partial charge in [0.2, 0.25) is 0 Å². The van der Waals surface area contributed by atoms with Crippen molar-refractivity contribution in [2.75, 3.05) is 2.43 Å². The molecule has 3 nitrogen and oxygen atoms in total. The third-order valence-corrected chi connectivity index (χ3v) is 15.3. The zero-order chi connectivity index (χ0) is 19.9. The fourth-order valence-corrected chi connectivity index (χ4v) is 15.9. The van der Waals surface area contributed by atoms with Crippen molar-refractivity contribution in [1.82, 2.24) is 9.97 Å². The zero-order valence-corrected chi connectivity index (χ0v) is 21.8. The molecule has 150 valence electrons. The summed E-state index contributed by atoms with van der Waals surface area (Å²) in [5, 5.41) is 0.445. The molecule has 0 unspecified atom stereocenters. The van der Waals surface area contributed by atoms with Crippen molar-refractivity contribution in [2.45, 2.75) is 26.2 Å². The number of Topliss-reactive ketones (excluding diaryl/α,β-unsaturated/α-hetero) is 1. The van der Waals surface area contributed by atoms with Crippen molar-refractivity contribution in [1.29, 1.82) is 0 Å². The second-order valence-corrected chi connectivity index (χ2v) is 17.5. The minimum absolute atomic E-state index is 0.0256. The van der Waals surface area contributed by atoms with Crippen molar-refractivity contribution >= 4 is 64.3 Å². The van der Waals surface area contributed by atoms with Crippen LogP contribution in [0.4, 0.5) is 0 Å². The van der Waals surface area contributed by atoms with Gasteiger partial charge in [-0.15, -0.1) is 0 Å². The standard InChI is InChI=1S/C20H19Cl2I2N2OS/c1-2-14(16(27)8-13-5-6-18(21)26-10-13)9-17-19(22)23-12-24-20(28-17)15-4-3-7-25-11-15/h3-7,10-11,14H,2,8-9,12H2,1H3/q-1/t14-/m0/s1. The van der Waals surface area contributed by atoms with E-state index in [1.165, 1.54) is 15.7 Å². The molecule has 3 heterocycles. The van der Waals surface area contributed by atoms with E-state index in [2.05, 4.69) is 23.0 Å². The molecule has 0 bridgehead atoms. The van der Waals surface area contributed by atoms with Gasteiger partial charge in [-0.3, -0.25) is 0 Å². The maximum absolute atomic E-state index is 12.9. The van der Waals surface area contributed by atoms with Gasteiger partial charge in [0.1, 0.15) is 0 Å². The summed E-state index contributed by atoms with van der Waals surface area (Å²) in [6.45, 7) is 2.08. The van der Waals surface area contributed by atoms with Crippen LogP contribution in [0.1, 0.15) is 30.9 Å². The molecule has 2 aromatic rings. The van der Waals surface area contributed by atoms with Crippen LogP contribution in [0.25, 0.3) is 0 Å². The van der Waals surface area contributed by atoms with Crippen LogP contribution in [0.2, 0.25) is 5.15 Å². The Hall–Kier alpha value is -0.0300. The van der Waals surface area contributed by atoms with E-state index in [0.29, 0.717) is 11.6 Å². The molecule has 1 aliphatic heterocycles. The number of allylic oxidation sites excluding steroid dienone is 1. The third kappa shape index (κ3) is 6.48. The summed E-state index contributed by atoms with van der Waals surface area (Å²) < 4.78 is 3.68. The summed E-state index contributed by atoms with van der Waals surface area (Å²) in [6, 6.07) is 7.71. The zero-order valence-electron chi connectivity index (χ0n) is 15.2. The molecule has 1 atom stereocenters. The first-order valence-corrected chi connectivity index (χ1v) is 15.5. The molecule has 0 radical (unpaired) electrons. The van der Waals surface area contributed by atoms with Crippen LogP contribution in [0.15, 0.2) is 50.8 Å². The average Bonchev–Trinajstić information content (AvgIpc) is 2.90. The molecule has 0 spiro atoms. The van der Waals surface area contributed by atoms with E-state index < -0.39 is 0 Å². The number of hydrogen-bond acceptors (Lipinski definition) is 4. The van der Waals surface area contributed by atoms with E-state index in [4.69, 9.17) is 23.2 Å². The Morgan fingerprint density at radius 1 is 1.32 bits per heavy atom.